The summed E-state index contributed by atoms with van der Waals surface area (Å²) in [5.41, 5.74) is 10.1. The molecule has 0 unspecified atom stereocenters. The molecule has 1 aliphatic heterocycles. The van der Waals surface area contributed by atoms with Gasteiger partial charge in [0.05, 0.1) is 0 Å². The number of nitrogen functional groups attached to an aromatic ring is 1. The molecule has 0 radical (unpaired) electrons. The van der Waals surface area contributed by atoms with Crippen molar-refractivity contribution in [1.29, 1.82) is 0 Å². The smallest absolute Gasteiger partial charge is 0.167 e. The molecule has 1 aliphatic carbocycles. The highest BCUT2D eigenvalue weighted by atomic mass is 19.1. The minimum absolute atomic E-state index is 0.00843. The molecular formula is C24H27FN2O. The number of piperidine rings is 1. The molecule has 4 rings (SSSR count). The maximum absolute atomic E-state index is 13.2. The average Bonchev–Trinajstić information content (AvgIpc) is 3.50. The second kappa shape index (κ2) is 8.27. The van der Waals surface area contributed by atoms with E-state index < -0.39 is 0 Å². The van der Waals surface area contributed by atoms with Crippen molar-refractivity contribution < 1.29 is 9.18 Å². The van der Waals surface area contributed by atoms with Gasteiger partial charge in [0.2, 0.25) is 0 Å². The first-order chi connectivity index (χ1) is 13.6. The van der Waals surface area contributed by atoms with Gasteiger partial charge in [-0.1, -0.05) is 42.0 Å². The van der Waals surface area contributed by atoms with Gasteiger partial charge in [0.1, 0.15) is 5.82 Å². The lowest BCUT2D eigenvalue weighted by Gasteiger charge is -2.28. The highest BCUT2D eigenvalue weighted by Crippen LogP contribution is 2.31. The Kier molecular flexibility index (Phi) is 5.58. The number of carbonyl (C=O) groups is 1. The Balaban J connectivity index is 1.34. The zero-order valence-corrected chi connectivity index (χ0v) is 16.2. The third-order valence-corrected chi connectivity index (χ3v) is 5.77. The Morgan fingerprint density at radius 2 is 1.82 bits per heavy atom. The van der Waals surface area contributed by atoms with Crippen molar-refractivity contribution in [3.63, 3.8) is 0 Å². The van der Waals surface area contributed by atoms with E-state index in [2.05, 4.69) is 11.0 Å². The molecule has 0 amide bonds. The lowest BCUT2D eigenvalue weighted by Crippen LogP contribution is -2.32. The summed E-state index contributed by atoms with van der Waals surface area (Å²) in [5, 5.41) is 0. The number of rotatable bonds is 6. The monoisotopic (exact) mass is 378 g/mol. The highest BCUT2D eigenvalue weighted by molar-refractivity contribution is 5.98. The van der Waals surface area contributed by atoms with Crippen LogP contribution in [0.2, 0.25) is 0 Å². The van der Waals surface area contributed by atoms with Crippen LogP contribution in [0, 0.1) is 11.7 Å². The van der Waals surface area contributed by atoms with Gasteiger partial charge in [-0.15, -0.1) is 0 Å². The van der Waals surface area contributed by atoms with E-state index in [-0.39, 0.29) is 18.0 Å². The van der Waals surface area contributed by atoms with Crippen molar-refractivity contribution in [2.45, 2.75) is 32.1 Å². The molecule has 0 aromatic heterocycles. The number of anilines is 1. The molecule has 1 saturated heterocycles. The maximum atomic E-state index is 13.2. The van der Waals surface area contributed by atoms with Gasteiger partial charge < -0.3 is 10.6 Å². The van der Waals surface area contributed by atoms with Crippen molar-refractivity contribution >= 4 is 17.5 Å². The van der Waals surface area contributed by atoms with Crippen LogP contribution in [-0.2, 0) is 6.42 Å². The highest BCUT2D eigenvalue weighted by Gasteiger charge is 2.25. The minimum Gasteiger partial charge on any atom is -0.398 e. The third kappa shape index (κ3) is 4.87. The SMILES string of the molecule is Nc1cc(F)ccc1CC(=O)c1ccc(C=C2CCN(CC3CC3)CC2)cc1. The van der Waals surface area contributed by atoms with Gasteiger partial charge in [0.15, 0.2) is 5.78 Å². The first-order valence-electron chi connectivity index (χ1n) is 10.2. The van der Waals surface area contributed by atoms with Crippen LogP contribution in [0.5, 0.6) is 0 Å². The average molecular weight is 378 g/mol. The zero-order valence-electron chi connectivity index (χ0n) is 16.2. The number of nitrogens with zero attached hydrogens (tertiary/aromatic N) is 1. The number of hydrogen-bond donors (Lipinski definition) is 1. The lowest BCUT2D eigenvalue weighted by molar-refractivity contribution is 0.0993. The fourth-order valence-corrected chi connectivity index (χ4v) is 3.84. The summed E-state index contributed by atoms with van der Waals surface area (Å²) in [7, 11) is 0. The number of likely N-dealkylation sites (tertiary alicyclic amines) is 1. The van der Waals surface area contributed by atoms with E-state index in [0.717, 1.165) is 37.4 Å². The van der Waals surface area contributed by atoms with Gasteiger partial charge in [-0.2, -0.15) is 0 Å². The molecule has 0 bridgehead atoms. The summed E-state index contributed by atoms with van der Waals surface area (Å²) < 4.78 is 13.2. The van der Waals surface area contributed by atoms with E-state index in [0.29, 0.717) is 16.8 Å². The quantitative estimate of drug-likeness (QED) is 0.584. The maximum Gasteiger partial charge on any atom is 0.167 e. The largest absolute Gasteiger partial charge is 0.398 e. The molecule has 28 heavy (non-hydrogen) atoms. The Morgan fingerprint density at radius 1 is 1.11 bits per heavy atom. The molecule has 1 saturated carbocycles. The van der Waals surface area contributed by atoms with Crippen LogP contribution in [0.1, 0.15) is 47.2 Å². The van der Waals surface area contributed by atoms with E-state index in [9.17, 15) is 9.18 Å². The van der Waals surface area contributed by atoms with Crippen LogP contribution in [0.25, 0.3) is 6.08 Å². The van der Waals surface area contributed by atoms with Crippen LogP contribution in [0.4, 0.5) is 10.1 Å². The van der Waals surface area contributed by atoms with Crippen LogP contribution in [-0.4, -0.2) is 30.3 Å². The van der Waals surface area contributed by atoms with Crippen LogP contribution in [0.15, 0.2) is 48.0 Å². The van der Waals surface area contributed by atoms with E-state index in [1.54, 1.807) is 6.07 Å². The van der Waals surface area contributed by atoms with Gasteiger partial charge in [0, 0.05) is 37.3 Å². The standard InChI is InChI=1S/C24H27FN2O/c25-22-8-7-21(23(26)15-22)14-24(28)20-5-3-17(4-6-20)13-18-9-11-27(12-10-18)16-19-1-2-19/h3-8,13,15,19H,1-2,9-12,14,16,26H2. The fourth-order valence-electron chi connectivity index (χ4n) is 3.84. The van der Waals surface area contributed by atoms with Gasteiger partial charge in [-0.25, -0.2) is 4.39 Å². The van der Waals surface area contributed by atoms with Crippen LogP contribution < -0.4 is 5.73 Å². The first-order valence-corrected chi connectivity index (χ1v) is 10.2. The summed E-state index contributed by atoms with van der Waals surface area (Å²) in [6.07, 6.45) is 7.55. The molecule has 2 N–H and O–H groups in total. The van der Waals surface area contributed by atoms with E-state index in [4.69, 9.17) is 5.73 Å². The Hall–Kier alpha value is -2.46. The molecule has 2 aliphatic rings. The summed E-state index contributed by atoms with van der Waals surface area (Å²) in [5.74, 6) is 0.566. The molecule has 2 aromatic rings. The Bertz CT molecular complexity index is 874. The minimum atomic E-state index is -0.385. The van der Waals surface area contributed by atoms with Crippen LogP contribution in [0.3, 0.4) is 0 Å². The number of nitrogens with two attached hydrogens (primary N) is 1. The molecule has 1 heterocycles. The number of Topliss-reactive ketones (excluding diaryl/α,β-unsaturated/α-hetero) is 1. The fraction of sp³-hybridized carbons (Fsp3) is 0.375. The molecule has 4 heteroatoms. The predicted molar refractivity (Wildman–Crippen MR) is 112 cm³/mol. The molecule has 0 atom stereocenters. The zero-order chi connectivity index (χ0) is 19.5. The second-order valence-electron chi connectivity index (χ2n) is 8.11. The summed E-state index contributed by atoms with van der Waals surface area (Å²) in [6, 6.07) is 11.9. The summed E-state index contributed by atoms with van der Waals surface area (Å²) >= 11 is 0. The molecule has 146 valence electrons. The Morgan fingerprint density at radius 3 is 2.46 bits per heavy atom. The van der Waals surface area contributed by atoms with Gasteiger partial charge in [-0.05, 0) is 54.9 Å². The van der Waals surface area contributed by atoms with Crippen molar-refractivity contribution in [3.8, 4) is 0 Å². The summed E-state index contributed by atoms with van der Waals surface area (Å²) in [6.45, 7) is 3.61. The number of ketones is 1. The number of benzene rings is 2. The van der Waals surface area contributed by atoms with Gasteiger partial charge in [-0.3, -0.25) is 4.79 Å². The predicted octanol–water partition coefficient (Wildman–Crippen LogP) is 4.72. The van der Waals surface area contributed by atoms with Crippen LogP contribution >= 0.6 is 0 Å². The van der Waals surface area contributed by atoms with Crippen molar-refractivity contribution in [2.24, 2.45) is 5.92 Å². The number of hydrogen-bond acceptors (Lipinski definition) is 3. The third-order valence-electron chi connectivity index (χ3n) is 5.77. The number of halogens is 1. The normalized spacial score (nSPS) is 17.5. The van der Waals surface area contributed by atoms with Crippen molar-refractivity contribution in [2.75, 3.05) is 25.4 Å². The lowest BCUT2D eigenvalue weighted by atomic mass is 9.98. The first kappa shape index (κ1) is 18.9. The molecular weight excluding hydrogens is 351 g/mol. The van der Waals surface area contributed by atoms with Gasteiger partial charge in [0.25, 0.3) is 0 Å². The second-order valence-corrected chi connectivity index (χ2v) is 8.11. The molecule has 0 spiro atoms. The van der Waals surface area contributed by atoms with E-state index in [1.165, 1.54) is 37.1 Å². The van der Waals surface area contributed by atoms with Gasteiger partial charge >= 0.3 is 0 Å². The number of carbonyl (C=O) groups excluding carboxylic acids is 1. The van der Waals surface area contributed by atoms with Crippen molar-refractivity contribution in [3.05, 3.63) is 70.5 Å². The van der Waals surface area contributed by atoms with E-state index in [1.807, 2.05) is 24.3 Å². The summed E-state index contributed by atoms with van der Waals surface area (Å²) in [4.78, 5) is 15.1. The molecule has 2 aromatic carbocycles. The Labute approximate surface area is 166 Å². The van der Waals surface area contributed by atoms with E-state index >= 15 is 0 Å². The molecule has 3 nitrogen and oxygen atoms in total. The topological polar surface area (TPSA) is 46.3 Å². The molecule has 2 fully saturated rings. The van der Waals surface area contributed by atoms with Crippen molar-refractivity contribution in [1.82, 2.24) is 4.90 Å².